The molecule has 0 amide bonds. The molecule has 1 fully saturated rings. The summed E-state index contributed by atoms with van der Waals surface area (Å²) in [5.74, 6) is 0.215. The predicted molar refractivity (Wildman–Crippen MR) is 133 cm³/mol. The maximum absolute atomic E-state index is 10.2. The van der Waals surface area contributed by atoms with Gasteiger partial charge in [-0.1, -0.05) is 12.1 Å². The lowest BCUT2D eigenvalue weighted by molar-refractivity contribution is 0.471. The molecule has 7 nitrogen and oxygen atoms in total. The minimum Gasteiger partial charge on any atom is -0.508 e. The molecule has 1 aliphatic heterocycles. The molecule has 0 radical (unpaired) electrons. The van der Waals surface area contributed by atoms with Gasteiger partial charge in [-0.3, -0.25) is 5.10 Å². The van der Waals surface area contributed by atoms with Crippen LogP contribution in [0.3, 0.4) is 0 Å². The molecular formula is C25H25ClN6O. The van der Waals surface area contributed by atoms with Gasteiger partial charge in [0.1, 0.15) is 11.8 Å². The van der Waals surface area contributed by atoms with Gasteiger partial charge < -0.3 is 15.3 Å². The summed E-state index contributed by atoms with van der Waals surface area (Å²) in [4.78, 5) is 7.09. The van der Waals surface area contributed by atoms with Crippen LogP contribution < -0.4 is 10.2 Å². The van der Waals surface area contributed by atoms with Crippen LogP contribution in [0.5, 0.6) is 5.75 Å². The van der Waals surface area contributed by atoms with Crippen LogP contribution >= 0.6 is 12.4 Å². The molecule has 3 heterocycles. The topological polar surface area (TPSA) is 101 Å². The summed E-state index contributed by atoms with van der Waals surface area (Å²) in [7, 11) is 0. The van der Waals surface area contributed by atoms with E-state index in [0.717, 1.165) is 59.5 Å². The van der Waals surface area contributed by atoms with Crippen LogP contribution in [0.2, 0.25) is 0 Å². The van der Waals surface area contributed by atoms with E-state index in [1.165, 1.54) is 5.69 Å². The number of aromatic hydroxyl groups is 1. The summed E-state index contributed by atoms with van der Waals surface area (Å²) in [6.07, 6.45) is 0. The quantitative estimate of drug-likeness (QED) is 0.421. The average Bonchev–Trinajstić information content (AvgIpc) is 3.20. The van der Waals surface area contributed by atoms with Gasteiger partial charge in [0.2, 0.25) is 0 Å². The number of aromatic amines is 1. The number of hydrogen-bond acceptors (Lipinski definition) is 6. The third-order valence-electron chi connectivity index (χ3n) is 6.10. The molecule has 0 aliphatic carbocycles. The Kier molecular flexibility index (Phi) is 6.23. The zero-order valence-electron chi connectivity index (χ0n) is 18.5. The van der Waals surface area contributed by atoms with Gasteiger partial charge >= 0.3 is 0 Å². The van der Waals surface area contributed by atoms with Crippen LogP contribution in [-0.2, 0) is 0 Å². The van der Waals surface area contributed by atoms with E-state index < -0.39 is 0 Å². The third-order valence-corrected chi connectivity index (χ3v) is 6.10. The van der Waals surface area contributed by atoms with E-state index in [9.17, 15) is 10.4 Å². The fourth-order valence-corrected chi connectivity index (χ4v) is 4.37. The lowest BCUT2D eigenvalue weighted by Crippen LogP contribution is -2.43. The van der Waals surface area contributed by atoms with E-state index in [-0.39, 0.29) is 18.2 Å². The fraction of sp³-hybridized carbons (Fsp3) is 0.240. The van der Waals surface area contributed by atoms with Crippen LogP contribution in [0.4, 0.5) is 5.69 Å². The van der Waals surface area contributed by atoms with Crippen molar-refractivity contribution in [2.24, 2.45) is 0 Å². The Morgan fingerprint density at radius 1 is 1.03 bits per heavy atom. The standard InChI is InChI=1S/C25H24N6O.ClH/c1-15-13-18(5-8-21(15)32)24-20(14-26)23(22-16(2)29-30-25(22)28-24)17-3-6-19(7-4-17)31-11-9-27-10-12-31;/h3-8,13,27,32H,9-12H2,1-2H3,(H,28,29,30);1H. The lowest BCUT2D eigenvalue weighted by Gasteiger charge is -2.29. The zero-order chi connectivity index (χ0) is 22.2. The zero-order valence-corrected chi connectivity index (χ0v) is 19.3. The molecular weight excluding hydrogens is 436 g/mol. The SMILES string of the molecule is Cc1cc(-c2nc3n[nH]c(C)c3c(-c3ccc(N4CCNCC4)cc3)c2C#N)ccc1O.Cl. The summed E-state index contributed by atoms with van der Waals surface area (Å²) in [6.45, 7) is 7.70. The number of anilines is 1. The van der Waals surface area contributed by atoms with Crippen LogP contribution in [0, 0.1) is 25.2 Å². The number of phenols is 1. The first kappa shape index (κ1) is 22.6. The van der Waals surface area contributed by atoms with Crippen molar-refractivity contribution in [3.8, 4) is 34.2 Å². The summed E-state index contributed by atoms with van der Waals surface area (Å²) in [5.41, 5.74) is 6.98. The fourth-order valence-electron chi connectivity index (χ4n) is 4.37. The number of halogens is 1. The first-order chi connectivity index (χ1) is 15.6. The molecule has 1 aliphatic rings. The van der Waals surface area contributed by atoms with Crippen molar-refractivity contribution in [2.75, 3.05) is 31.1 Å². The highest BCUT2D eigenvalue weighted by Crippen LogP contribution is 2.38. The van der Waals surface area contributed by atoms with Gasteiger partial charge in [0.15, 0.2) is 5.65 Å². The van der Waals surface area contributed by atoms with Crippen molar-refractivity contribution in [3.63, 3.8) is 0 Å². The number of phenolic OH excluding ortho intramolecular Hbond substituents is 1. The van der Waals surface area contributed by atoms with E-state index in [1.807, 2.05) is 19.9 Å². The molecule has 3 N–H and O–H groups in total. The molecule has 0 saturated carbocycles. The van der Waals surface area contributed by atoms with Gasteiger partial charge in [0.05, 0.1) is 16.6 Å². The molecule has 168 valence electrons. The van der Waals surface area contributed by atoms with Gasteiger partial charge in [-0.25, -0.2) is 4.98 Å². The van der Waals surface area contributed by atoms with Crippen molar-refractivity contribution < 1.29 is 5.11 Å². The number of piperazine rings is 1. The summed E-state index contributed by atoms with van der Waals surface area (Å²) < 4.78 is 0. The summed E-state index contributed by atoms with van der Waals surface area (Å²) in [5, 5.41) is 31.8. The molecule has 5 rings (SSSR count). The Hall–Kier alpha value is -3.60. The van der Waals surface area contributed by atoms with E-state index >= 15 is 0 Å². The number of H-pyrrole nitrogens is 1. The molecule has 0 bridgehead atoms. The Morgan fingerprint density at radius 2 is 1.73 bits per heavy atom. The van der Waals surface area contributed by atoms with E-state index in [1.54, 1.807) is 12.1 Å². The van der Waals surface area contributed by atoms with Crippen LogP contribution in [-0.4, -0.2) is 46.5 Å². The van der Waals surface area contributed by atoms with Gasteiger partial charge in [-0.15, -0.1) is 12.4 Å². The molecule has 2 aromatic carbocycles. The van der Waals surface area contributed by atoms with Crippen molar-refractivity contribution in [2.45, 2.75) is 13.8 Å². The summed E-state index contributed by atoms with van der Waals surface area (Å²) >= 11 is 0. The maximum atomic E-state index is 10.2. The van der Waals surface area contributed by atoms with Crippen molar-refractivity contribution >= 4 is 29.1 Å². The Morgan fingerprint density at radius 3 is 2.39 bits per heavy atom. The Balaban J connectivity index is 0.00000259. The number of fused-ring (bicyclic) bond motifs is 1. The summed E-state index contributed by atoms with van der Waals surface area (Å²) in [6, 6.07) is 16.1. The highest BCUT2D eigenvalue weighted by atomic mass is 35.5. The number of nitrogens with zero attached hydrogens (tertiary/aromatic N) is 4. The van der Waals surface area contributed by atoms with Crippen molar-refractivity contribution in [3.05, 3.63) is 59.3 Å². The average molecular weight is 461 g/mol. The van der Waals surface area contributed by atoms with E-state index in [2.05, 4.69) is 50.7 Å². The second-order valence-electron chi connectivity index (χ2n) is 8.15. The first-order valence-corrected chi connectivity index (χ1v) is 10.7. The number of pyridine rings is 1. The minimum absolute atomic E-state index is 0. The molecule has 33 heavy (non-hydrogen) atoms. The van der Waals surface area contributed by atoms with Crippen LogP contribution in [0.15, 0.2) is 42.5 Å². The number of aromatic nitrogens is 3. The van der Waals surface area contributed by atoms with Crippen molar-refractivity contribution in [1.29, 1.82) is 5.26 Å². The van der Waals surface area contributed by atoms with E-state index in [4.69, 9.17) is 4.98 Å². The maximum Gasteiger partial charge on any atom is 0.182 e. The number of hydrogen-bond donors (Lipinski definition) is 3. The molecule has 8 heteroatoms. The van der Waals surface area contributed by atoms with Gasteiger partial charge in [0.25, 0.3) is 0 Å². The first-order valence-electron chi connectivity index (χ1n) is 10.7. The highest BCUT2D eigenvalue weighted by molar-refractivity contribution is 6.00. The highest BCUT2D eigenvalue weighted by Gasteiger charge is 2.22. The predicted octanol–water partition coefficient (Wildman–Crippen LogP) is 4.32. The molecule has 2 aromatic heterocycles. The minimum atomic E-state index is 0. The van der Waals surface area contributed by atoms with Crippen molar-refractivity contribution in [1.82, 2.24) is 20.5 Å². The van der Waals surface area contributed by atoms with Gasteiger partial charge in [0, 0.05) is 48.7 Å². The van der Waals surface area contributed by atoms with Crippen LogP contribution in [0.1, 0.15) is 16.8 Å². The van der Waals surface area contributed by atoms with Crippen LogP contribution in [0.25, 0.3) is 33.4 Å². The number of nitrogens with one attached hydrogen (secondary N) is 2. The number of rotatable bonds is 3. The number of nitriles is 1. The number of aryl methyl sites for hydroxylation is 2. The second-order valence-corrected chi connectivity index (χ2v) is 8.15. The van der Waals surface area contributed by atoms with E-state index in [0.29, 0.717) is 16.9 Å². The second kappa shape index (κ2) is 9.10. The lowest BCUT2D eigenvalue weighted by atomic mass is 9.92. The largest absolute Gasteiger partial charge is 0.508 e. The third kappa shape index (κ3) is 3.99. The normalized spacial score (nSPS) is 13.5. The molecule has 4 aromatic rings. The molecule has 0 unspecified atom stereocenters. The Labute approximate surface area is 198 Å². The number of benzene rings is 2. The smallest absolute Gasteiger partial charge is 0.182 e. The Bertz CT molecular complexity index is 1350. The molecule has 0 atom stereocenters. The van der Waals surface area contributed by atoms with Gasteiger partial charge in [-0.2, -0.15) is 10.4 Å². The molecule has 1 saturated heterocycles. The van der Waals surface area contributed by atoms with Gasteiger partial charge in [-0.05, 0) is 55.3 Å². The monoisotopic (exact) mass is 460 g/mol. The molecule has 0 spiro atoms.